The number of nitro groups is 1. The largest absolute Gasteiger partial charge is 0.269 e. The second kappa shape index (κ2) is 9.11. The Kier molecular flexibility index (Phi) is 6.58. The zero-order valence-corrected chi connectivity index (χ0v) is 16.9. The fourth-order valence-electron chi connectivity index (χ4n) is 2.62. The van der Waals surface area contributed by atoms with Gasteiger partial charge in [0.25, 0.3) is 5.69 Å². The summed E-state index contributed by atoms with van der Waals surface area (Å²) in [4.78, 5) is 13.2. The van der Waals surface area contributed by atoms with E-state index in [4.69, 9.17) is 0 Å². The van der Waals surface area contributed by atoms with Crippen molar-refractivity contribution in [1.82, 2.24) is 0 Å². The first-order valence-electron chi connectivity index (χ1n) is 8.68. The molecule has 1 unspecified atom stereocenters. The summed E-state index contributed by atoms with van der Waals surface area (Å²) < 4.78 is 0. The highest BCUT2D eigenvalue weighted by Gasteiger charge is 2.17. The molecule has 1 atom stereocenters. The van der Waals surface area contributed by atoms with Gasteiger partial charge in [-0.1, -0.05) is 47.5 Å². The monoisotopic (exact) mass is 395 g/mol. The smallest absolute Gasteiger partial charge is 0.258 e. The lowest BCUT2D eigenvalue weighted by molar-refractivity contribution is -0.384. The molecular weight excluding hydrogens is 374 g/mol. The van der Waals surface area contributed by atoms with E-state index in [0.29, 0.717) is 0 Å². The number of rotatable bonds is 7. The third-order valence-corrected chi connectivity index (χ3v) is 6.76. The molecule has 0 fully saturated rings. The van der Waals surface area contributed by atoms with Crippen LogP contribution in [0.5, 0.6) is 0 Å². The van der Waals surface area contributed by atoms with Crippen LogP contribution in [0.4, 0.5) is 5.69 Å². The van der Waals surface area contributed by atoms with Gasteiger partial charge >= 0.3 is 0 Å². The number of thioether (sulfide) groups is 2. The predicted octanol–water partition coefficient (Wildman–Crippen LogP) is 6.84. The van der Waals surface area contributed by atoms with E-state index in [-0.39, 0.29) is 15.9 Å². The lowest BCUT2D eigenvalue weighted by Gasteiger charge is -2.17. The minimum absolute atomic E-state index is 0.124. The molecule has 0 aromatic heterocycles. The van der Waals surface area contributed by atoms with Gasteiger partial charge in [0.05, 0.1) is 4.92 Å². The molecule has 0 saturated heterocycles. The van der Waals surface area contributed by atoms with Crippen molar-refractivity contribution < 1.29 is 4.92 Å². The summed E-state index contributed by atoms with van der Waals surface area (Å²) in [5, 5.41) is 11.3. The Morgan fingerprint density at radius 3 is 2.07 bits per heavy atom. The zero-order chi connectivity index (χ0) is 19.2. The highest BCUT2D eigenvalue weighted by Crippen LogP contribution is 2.40. The Bertz CT molecular complexity index is 908. The van der Waals surface area contributed by atoms with Crippen LogP contribution in [-0.2, 0) is 0 Å². The number of benzene rings is 3. The van der Waals surface area contributed by atoms with Gasteiger partial charge in [-0.2, -0.15) is 0 Å². The van der Waals surface area contributed by atoms with E-state index in [2.05, 4.69) is 62.4 Å². The molecule has 0 heterocycles. The standard InChI is InChI=1S/C22H21NO2S2/c1-16-6-10-20(11-7-16)26-15-22(27-21-12-8-17(2)9-13-21)18-4-3-5-19(14-18)23(24)25/h3-14,22H,15H2,1-2H3. The summed E-state index contributed by atoms with van der Waals surface area (Å²) in [5.41, 5.74) is 3.58. The summed E-state index contributed by atoms with van der Waals surface area (Å²) >= 11 is 3.53. The van der Waals surface area contributed by atoms with Crippen molar-refractivity contribution >= 4 is 29.2 Å². The number of non-ortho nitro benzene ring substituents is 1. The van der Waals surface area contributed by atoms with E-state index >= 15 is 0 Å². The van der Waals surface area contributed by atoms with Crippen molar-refractivity contribution in [3.63, 3.8) is 0 Å². The van der Waals surface area contributed by atoms with E-state index in [1.807, 2.05) is 6.07 Å². The van der Waals surface area contributed by atoms with Crippen LogP contribution in [0, 0.1) is 24.0 Å². The molecule has 0 bridgehead atoms. The SMILES string of the molecule is Cc1ccc(SCC(Sc2ccc(C)cc2)c2cccc([N+](=O)[O-])c2)cc1. The molecule has 27 heavy (non-hydrogen) atoms. The molecule has 0 aliphatic rings. The van der Waals surface area contributed by atoms with E-state index in [1.54, 1.807) is 41.7 Å². The molecule has 0 radical (unpaired) electrons. The number of aryl methyl sites for hydroxylation is 2. The van der Waals surface area contributed by atoms with Gasteiger partial charge < -0.3 is 0 Å². The molecule has 5 heteroatoms. The fraction of sp³-hybridized carbons (Fsp3) is 0.182. The average molecular weight is 396 g/mol. The van der Waals surface area contributed by atoms with Crippen molar-refractivity contribution in [3.8, 4) is 0 Å². The lowest BCUT2D eigenvalue weighted by Crippen LogP contribution is -1.99. The van der Waals surface area contributed by atoms with E-state index in [0.717, 1.165) is 11.3 Å². The van der Waals surface area contributed by atoms with Gasteiger partial charge in [0, 0.05) is 32.9 Å². The highest BCUT2D eigenvalue weighted by molar-refractivity contribution is 8.03. The predicted molar refractivity (Wildman–Crippen MR) is 115 cm³/mol. The summed E-state index contributed by atoms with van der Waals surface area (Å²) in [5.74, 6) is 0.836. The Morgan fingerprint density at radius 2 is 1.48 bits per heavy atom. The van der Waals surface area contributed by atoms with Gasteiger partial charge in [0.1, 0.15) is 0 Å². The van der Waals surface area contributed by atoms with Crippen molar-refractivity contribution in [3.05, 3.63) is 99.6 Å². The third kappa shape index (κ3) is 5.62. The second-order valence-corrected chi connectivity index (χ2v) is 8.77. The molecule has 3 aromatic carbocycles. The summed E-state index contributed by atoms with van der Waals surface area (Å²) in [6.45, 7) is 4.15. The van der Waals surface area contributed by atoms with Crippen molar-refractivity contribution in [2.24, 2.45) is 0 Å². The topological polar surface area (TPSA) is 43.1 Å². The number of nitro benzene ring substituents is 1. The fourth-order valence-corrected chi connectivity index (χ4v) is 4.87. The van der Waals surface area contributed by atoms with Crippen LogP contribution in [0.3, 0.4) is 0 Å². The molecule has 3 rings (SSSR count). The molecular formula is C22H21NO2S2. The van der Waals surface area contributed by atoms with E-state index in [1.165, 1.54) is 20.9 Å². The second-order valence-electron chi connectivity index (χ2n) is 6.40. The van der Waals surface area contributed by atoms with Gasteiger partial charge in [0.2, 0.25) is 0 Å². The minimum atomic E-state index is -0.329. The first-order chi connectivity index (χ1) is 13.0. The Morgan fingerprint density at radius 1 is 0.889 bits per heavy atom. The molecule has 0 aliphatic heterocycles. The maximum atomic E-state index is 11.2. The van der Waals surface area contributed by atoms with Crippen molar-refractivity contribution in [1.29, 1.82) is 0 Å². The summed E-state index contributed by atoms with van der Waals surface area (Å²) in [7, 11) is 0. The van der Waals surface area contributed by atoms with Crippen LogP contribution in [0.25, 0.3) is 0 Å². The van der Waals surface area contributed by atoms with Crippen LogP contribution in [0.15, 0.2) is 82.6 Å². The average Bonchev–Trinajstić information content (AvgIpc) is 2.68. The van der Waals surface area contributed by atoms with Crippen LogP contribution < -0.4 is 0 Å². The van der Waals surface area contributed by atoms with Gasteiger partial charge in [0.15, 0.2) is 0 Å². The maximum absolute atomic E-state index is 11.2. The molecule has 0 saturated carbocycles. The number of hydrogen-bond donors (Lipinski definition) is 0. The van der Waals surface area contributed by atoms with Gasteiger partial charge in [-0.05, 0) is 43.7 Å². The number of nitrogens with zero attached hydrogens (tertiary/aromatic N) is 1. The van der Waals surface area contributed by atoms with Crippen LogP contribution in [0.2, 0.25) is 0 Å². The lowest BCUT2D eigenvalue weighted by atomic mass is 10.1. The first-order valence-corrected chi connectivity index (χ1v) is 10.5. The maximum Gasteiger partial charge on any atom is 0.269 e. The molecule has 138 valence electrons. The van der Waals surface area contributed by atoms with Crippen LogP contribution >= 0.6 is 23.5 Å². The van der Waals surface area contributed by atoms with Crippen molar-refractivity contribution in [2.75, 3.05) is 5.75 Å². The normalized spacial score (nSPS) is 11.9. The molecule has 0 aliphatic carbocycles. The third-order valence-electron chi connectivity index (χ3n) is 4.17. The minimum Gasteiger partial charge on any atom is -0.258 e. The molecule has 0 N–H and O–H groups in total. The summed E-state index contributed by atoms with van der Waals surface area (Å²) in [6, 6.07) is 23.9. The van der Waals surface area contributed by atoms with Gasteiger partial charge in [-0.15, -0.1) is 23.5 Å². The zero-order valence-electron chi connectivity index (χ0n) is 15.3. The van der Waals surface area contributed by atoms with Crippen LogP contribution in [-0.4, -0.2) is 10.7 Å². The molecule has 3 nitrogen and oxygen atoms in total. The Balaban J connectivity index is 1.83. The molecule has 3 aromatic rings. The molecule has 0 amide bonds. The number of hydrogen-bond acceptors (Lipinski definition) is 4. The molecule has 0 spiro atoms. The van der Waals surface area contributed by atoms with Gasteiger partial charge in [-0.25, -0.2) is 0 Å². The first kappa shape index (κ1) is 19.5. The Hall–Kier alpha value is -2.24. The quantitative estimate of drug-likeness (QED) is 0.250. The highest BCUT2D eigenvalue weighted by atomic mass is 32.2. The summed E-state index contributed by atoms with van der Waals surface area (Å²) in [6.07, 6.45) is 0. The Labute approximate surface area is 168 Å². The van der Waals surface area contributed by atoms with Crippen molar-refractivity contribution in [2.45, 2.75) is 28.9 Å². The van der Waals surface area contributed by atoms with E-state index < -0.39 is 0 Å². The van der Waals surface area contributed by atoms with Gasteiger partial charge in [-0.3, -0.25) is 10.1 Å². The van der Waals surface area contributed by atoms with E-state index in [9.17, 15) is 10.1 Å². The van der Waals surface area contributed by atoms with Crippen LogP contribution in [0.1, 0.15) is 21.9 Å².